The van der Waals surface area contributed by atoms with E-state index in [2.05, 4.69) is 53.3 Å². The second kappa shape index (κ2) is 6.26. The molecule has 0 bridgehead atoms. The van der Waals surface area contributed by atoms with Crippen LogP contribution in [0.1, 0.15) is 25.3 Å². The van der Waals surface area contributed by atoms with Crippen LogP contribution < -0.4 is 11.1 Å². The number of benzene rings is 1. The number of halogens is 1. The molecule has 0 radical (unpaired) electrons. The zero-order chi connectivity index (χ0) is 11.3. The van der Waals surface area contributed by atoms with Crippen LogP contribution in [0.25, 0.3) is 0 Å². The molecule has 0 aliphatic heterocycles. The molecule has 15 heavy (non-hydrogen) atoms. The van der Waals surface area contributed by atoms with Gasteiger partial charge < -0.3 is 11.1 Å². The minimum Gasteiger partial charge on any atom is -0.329 e. The van der Waals surface area contributed by atoms with Crippen molar-refractivity contribution in [3.8, 4) is 0 Å². The highest BCUT2D eigenvalue weighted by Crippen LogP contribution is 2.22. The second-order valence-electron chi connectivity index (χ2n) is 3.74. The van der Waals surface area contributed by atoms with Crippen molar-refractivity contribution in [2.24, 2.45) is 5.73 Å². The van der Waals surface area contributed by atoms with Crippen molar-refractivity contribution >= 4 is 15.9 Å². The lowest BCUT2D eigenvalue weighted by atomic mass is 9.93. The highest BCUT2D eigenvalue weighted by Gasteiger charge is 2.16. The van der Waals surface area contributed by atoms with Crippen LogP contribution in [-0.2, 0) is 0 Å². The molecule has 0 saturated heterocycles. The summed E-state index contributed by atoms with van der Waals surface area (Å²) in [5.74, 6) is 0.437. The fraction of sp³-hybridized carbons (Fsp3) is 0.500. The van der Waals surface area contributed by atoms with E-state index in [4.69, 9.17) is 5.73 Å². The van der Waals surface area contributed by atoms with Gasteiger partial charge in [-0.25, -0.2) is 0 Å². The molecule has 2 unspecified atom stereocenters. The molecule has 0 amide bonds. The van der Waals surface area contributed by atoms with Crippen LogP contribution in [0.3, 0.4) is 0 Å². The molecule has 3 N–H and O–H groups in total. The molecule has 0 aromatic heterocycles. The summed E-state index contributed by atoms with van der Waals surface area (Å²) < 4.78 is 1.12. The molecule has 0 aliphatic rings. The predicted molar refractivity (Wildman–Crippen MR) is 69.1 cm³/mol. The summed E-state index contributed by atoms with van der Waals surface area (Å²) in [7, 11) is 0. The van der Waals surface area contributed by atoms with Crippen molar-refractivity contribution in [2.75, 3.05) is 13.1 Å². The fourth-order valence-corrected chi connectivity index (χ4v) is 2.17. The highest BCUT2D eigenvalue weighted by molar-refractivity contribution is 9.10. The maximum Gasteiger partial charge on any atom is 0.0256 e. The Bertz CT molecular complexity index is 301. The largest absolute Gasteiger partial charge is 0.329 e. The van der Waals surface area contributed by atoms with Crippen molar-refractivity contribution in [1.82, 2.24) is 5.32 Å². The summed E-state index contributed by atoms with van der Waals surface area (Å²) in [5.41, 5.74) is 7.08. The van der Waals surface area contributed by atoms with Crippen molar-refractivity contribution in [1.29, 1.82) is 0 Å². The van der Waals surface area contributed by atoms with Crippen molar-refractivity contribution < 1.29 is 0 Å². The fourth-order valence-electron chi connectivity index (χ4n) is 1.75. The van der Waals surface area contributed by atoms with E-state index in [0.29, 0.717) is 18.5 Å². The molecule has 0 heterocycles. The zero-order valence-electron chi connectivity index (χ0n) is 9.33. The predicted octanol–water partition coefficient (Wildman–Crippen LogP) is 2.49. The van der Waals surface area contributed by atoms with Crippen LogP contribution in [-0.4, -0.2) is 19.1 Å². The number of hydrogen-bond donors (Lipinski definition) is 2. The summed E-state index contributed by atoms with van der Waals surface area (Å²) in [6.07, 6.45) is 0. The first-order chi connectivity index (χ1) is 7.19. The topological polar surface area (TPSA) is 38.0 Å². The van der Waals surface area contributed by atoms with Gasteiger partial charge in [0.2, 0.25) is 0 Å². The highest BCUT2D eigenvalue weighted by atomic mass is 79.9. The SMILES string of the molecule is CCNC(CN)C(C)c1cccc(Br)c1. The van der Waals surface area contributed by atoms with Gasteiger partial charge >= 0.3 is 0 Å². The number of rotatable bonds is 5. The first-order valence-corrected chi connectivity index (χ1v) is 6.17. The lowest BCUT2D eigenvalue weighted by molar-refractivity contribution is 0.468. The van der Waals surface area contributed by atoms with E-state index in [1.807, 2.05) is 6.07 Å². The summed E-state index contributed by atoms with van der Waals surface area (Å²) in [6.45, 7) is 5.94. The number of hydrogen-bond acceptors (Lipinski definition) is 2. The summed E-state index contributed by atoms with van der Waals surface area (Å²) in [6, 6.07) is 8.76. The van der Waals surface area contributed by atoms with Gasteiger partial charge in [-0.05, 0) is 30.2 Å². The summed E-state index contributed by atoms with van der Waals surface area (Å²) in [5, 5.41) is 3.41. The maximum absolute atomic E-state index is 5.76. The molecule has 2 nitrogen and oxygen atoms in total. The molecule has 2 atom stereocenters. The van der Waals surface area contributed by atoms with Gasteiger partial charge in [0, 0.05) is 17.1 Å². The number of likely N-dealkylation sites (N-methyl/N-ethyl adjacent to an activating group) is 1. The molecule has 1 rings (SSSR count). The first kappa shape index (κ1) is 12.7. The third-order valence-corrected chi connectivity index (χ3v) is 3.19. The molecule has 1 aromatic carbocycles. The Morgan fingerprint density at radius 2 is 2.20 bits per heavy atom. The average Bonchev–Trinajstić information content (AvgIpc) is 2.25. The van der Waals surface area contributed by atoms with Crippen LogP contribution >= 0.6 is 15.9 Å². The Labute approximate surface area is 100 Å². The monoisotopic (exact) mass is 270 g/mol. The molecule has 0 aliphatic carbocycles. The molecule has 1 aromatic rings. The van der Waals surface area contributed by atoms with Crippen LogP contribution in [0.5, 0.6) is 0 Å². The van der Waals surface area contributed by atoms with Gasteiger partial charge in [0.05, 0.1) is 0 Å². The Kier molecular flexibility index (Phi) is 5.29. The number of nitrogens with one attached hydrogen (secondary N) is 1. The van der Waals surface area contributed by atoms with E-state index >= 15 is 0 Å². The van der Waals surface area contributed by atoms with E-state index < -0.39 is 0 Å². The Morgan fingerprint density at radius 3 is 2.73 bits per heavy atom. The Balaban J connectivity index is 2.77. The van der Waals surface area contributed by atoms with Crippen LogP contribution in [0, 0.1) is 0 Å². The van der Waals surface area contributed by atoms with Gasteiger partial charge in [-0.15, -0.1) is 0 Å². The van der Waals surface area contributed by atoms with Gasteiger partial charge in [0.15, 0.2) is 0 Å². The summed E-state index contributed by atoms with van der Waals surface area (Å²) in [4.78, 5) is 0. The normalized spacial score (nSPS) is 14.9. The van der Waals surface area contributed by atoms with E-state index in [9.17, 15) is 0 Å². The quantitative estimate of drug-likeness (QED) is 0.863. The van der Waals surface area contributed by atoms with Crippen molar-refractivity contribution in [3.63, 3.8) is 0 Å². The lowest BCUT2D eigenvalue weighted by Gasteiger charge is -2.23. The lowest BCUT2D eigenvalue weighted by Crippen LogP contribution is -2.39. The van der Waals surface area contributed by atoms with Gasteiger partial charge in [-0.3, -0.25) is 0 Å². The first-order valence-electron chi connectivity index (χ1n) is 5.38. The van der Waals surface area contributed by atoms with Crippen molar-refractivity contribution in [2.45, 2.75) is 25.8 Å². The Hall–Kier alpha value is -0.380. The number of nitrogens with two attached hydrogens (primary N) is 1. The van der Waals surface area contributed by atoms with E-state index in [1.165, 1.54) is 5.56 Å². The van der Waals surface area contributed by atoms with E-state index in [1.54, 1.807) is 0 Å². The van der Waals surface area contributed by atoms with Gasteiger partial charge in [0.1, 0.15) is 0 Å². The summed E-state index contributed by atoms with van der Waals surface area (Å²) >= 11 is 3.49. The maximum atomic E-state index is 5.76. The molecular weight excluding hydrogens is 252 g/mol. The average molecular weight is 271 g/mol. The van der Waals surface area contributed by atoms with Crippen molar-refractivity contribution in [3.05, 3.63) is 34.3 Å². The standard InChI is InChI=1S/C12H19BrN2/c1-3-15-12(8-14)9(2)10-5-4-6-11(13)7-10/h4-7,9,12,15H,3,8,14H2,1-2H3. The molecule has 0 fully saturated rings. The molecule has 3 heteroatoms. The molecule has 0 spiro atoms. The van der Waals surface area contributed by atoms with Crippen LogP contribution in [0.2, 0.25) is 0 Å². The van der Waals surface area contributed by atoms with Crippen LogP contribution in [0.15, 0.2) is 28.7 Å². The van der Waals surface area contributed by atoms with Crippen LogP contribution in [0.4, 0.5) is 0 Å². The minimum atomic E-state index is 0.351. The van der Waals surface area contributed by atoms with Gasteiger partial charge in [-0.1, -0.05) is 41.9 Å². The van der Waals surface area contributed by atoms with Gasteiger partial charge in [-0.2, -0.15) is 0 Å². The third kappa shape index (κ3) is 3.59. The zero-order valence-corrected chi connectivity index (χ0v) is 10.9. The molecular formula is C12H19BrN2. The third-order valence-electron chi connectivity index (χ3n) is 2.70. The smallest absolute Gasteiger partial charge is 0.0256 e. The molecule has 0 saturated carbocycles. The molecule has 84 valence electrons. The van der Waals surface area contributed by atoms with E-state index in [0.717, 1.165) is 11.0 Å². The van der Waals surface area contributed by atoms with E-state index in [-0.39, 0.29) is 0 Å². The Morgan fingerprint density at radius 1 is 1.47 bits per heavy atom. The van der Waals surface area contributed by atoms with Gasteiger partial charge in [0.25, 0.3) is 0 Å². The minimum absolute atomic E-state index is 0.351. The second-order valence-corrected chi connectivity index (χ2v) is 4.66.